The van der Waals surface area contributed by atoms with Crippen molar-refractivity contribution in [1.82, 2.24) is 9.97 Å². The van der Waals surface area contributed by atoms with E-state index in [0.717, 1.165) is 78.3 Å². The topological polar surface area (TPSA) is 61.0 Å². The summed E-state index contributed by atoms with van der Waals surface area (Å²) >= 11 is 0. The molecular formula is C51H33N3O. The molecule has 11 rings (SSSR count). The third-order valence-corrected chi connectivity index (χ3v) is 11.3. The van der Waals surface area contributed by atoms with Crippen molar-refractivity contribution in [1.29, 1.82) is 0 Å². The van der Waals surface area contributed by atoms with Crippen molar-refractivity contribution in [3.05, 3.63) is 210 Å². The van der Waals surface area contributed by atoms with E-state index in [-0.39, 0.29) is 0 Å². The maximum atomic E-state index is 6.62. The molecule has 4 nitrogen and oxygen atoms in total. The van der Waals surface area contributed by atoms with Gasteiger partial charge < -0.3 is 10.5 Å². The molecule has 0 unspecified atom stereocenters. The molecule has 258 valence electrons. The Morgan fingerprint density at radius 2 is 0.909 bits per heavy atom. The first-order valence-corrected chi connectivity index (χ1v) is 18.6. The van der Waals surface area contributed by atoms with Gasteiger partial charge in [-0.1, -0.05) is 152 Å². The lowest BCUT2D eigenvalue weighted by molar-refractivity contribution is 0.436. The summed E-state index contributed by atoms with van der Waals surface area (Å²) in [6.07, 6.45) is 0. The molecule has 8 aromatic carbocycles. The number of anilines is 1. The molecule has 0 atom stereocenters. The molecule has 0 fully saturated rings. The van der Waals surface area contributed by atoms with Crippen LogP contribution in [0.25, 0.3) is 66.9 Å². The summed E-state index contributed by atoms with van der Waals surface area (Å²) in [5.41, 5.74) is 20.8. The van der Waals surface area contributed by atoms with E-state index < -0.39 is 5.41 Å². The van der Waals surface area contributed by atoms with Gasteiger partial charge in [0, 0.05) is 38.9 Å². The Balaban J connectivity index is 1.19. The normalized spacial score (nSPS) is 13.1. The van der Waals surface area contributed by atoms with Gasteiger partial charge in [-0.05, 0) is 75.2 Å². The van der Waals surface area contributed by atoms with Gasteiger partial charge in [0.05, 0.1) is 16.8 Å². The average molecular weight is 704 g/mol. The minimum Gasteiger partial charge on any atom is -0.457 e. The molecule has 1 aromatic heterocycles. The first kappa shape index (κ1) is 31.2. The number of aromatic nitrogens is 2. The van der Waals surface area contributed by atoms with Crippen LogP contribution in [0.1, 0.15) is 22.3 Å². The van der Waals surface area contributed by atoms with Crippen LogP contribution >= 0.6 is 0 Å². The Labute approximate surface area is 319 Å². The van der Waals surface area contributed by atoms with E-state index in [1.54, 1.807) is 0 Å². The van der Waals surface area contributed by atoms with Gasteiger partial charge in [0.15, 0.2) is 5.82 Å². The van der Waals surface area contributed by atoms with Crippen molar-refractivity contribution in [2.45, 2.75) is 5.41 Å². The Bertz CT molecular complexity index is 2870. The van der Waals surface area contributed by atoms with Crippen molar-refractivity contribution in [3.8, 4) is 67.7 Å². The Morgan fingerprint density at radius 3 is 1.58 bits per heavy atom. The highest BCUT2D eigenvalue weighted by Crippen LogP contribution is 2.62. The van der Waals surface area contributed by atoms with Crippen molar-refractivity contribution in [2.24, 2.45) is 0 Å². The largest absolute Gasteiger partial charge is 0.457 e. The number of nitrogen functional groups attached to an aromatic ring is 1. The Kier molecular flexibility index (Phi) is 6.89. The molecule has 1 aliphatic carbocycles. The van der Waals surface area contributed by atoms with Crippen LogP contribution in [0.4, 0.5) is 5.69 Å². The summed E-state index contributed by atoms with van der Waals surface area (Å²) in [6, 6.07) is 66.1. The zero-order valence-corrected chi connectivity index (χ0v) is 29.8. The van der Waals surface area contributed by atoms with Gasteiger partial charge in [-0.15, -0.1) is 0 Å². The fraction of sp³-hybridized carbons (Fsp3) is 0.0196. The number of para-hydroxylation sites is 2. The SMILES string of the molecule is Nc1ccc(-c2ccc3c(c2)-c2cc(-c4cc(-c5ccccc5)nc(-c5ccccc5)n4)ccc2C32c3ccccc3Oc3ccccc32)c2ccccc12. The molecule has 9 aromatic rings. The van der Waals surface area contributed by atoms with Crippen LogP contribution in [0.2, 0.25) is 0 Å². The first-order valence-electron chi connectivity index (χ1n) is 18.6. The fourth-order valence-corrected chi connectivity index (χ4v) is 8.88. The number of hydrogen-bond acceptors (Lipinski definition) is 4. The van der Waals surface area contributed by atoms with E-state index in [1.807, 2.05) is 36.4 Å². The molecule has 2 N–H and O–H groups in total. The van der Waals surface area contributed by atoms with Gasteiger partial charge in [0.25, 0.3) is 0 Å². The first-order chi connectivity index (χ1) is 27.2. The highest BCUT2D eigenvalue weighted by molar-refractivity contribution is 6.04. The number of ether oxygens (including phenoxy) is 1. The summed E-state index contributed by atoms with van der Waals surface area (Å²) in [5, 5.41) is 2.19. The Morgan fingerprint density at radius 1 is 0.382 bits per heavy atom. The lowest BCUT2D eigenvalue weighted by Gasteiger charge is -2.39. The highest BCUT2D eigenvalue weighted by atomic mass is 16.5. The molecule has 0 saturated carbocycles. The number of nitrogens with zero attached hydrogens (tertiary/aromatic N) is 2. The van der Waals surface area contributed by atoms with Crippen molar-refractivity contribution in [2.75, 3.05) is 5.73 Å². The third kappa shape index (κ3) is 4.71. The number of hydrogen-bond donors (Lipinski definition) is 1. The summed E-state index contributed by atoms with van der Waals surface area (Å²) in [5.74, 6) is 2.43. The number of rotatable bonds is 4. The molecule has 0 bridgehead atoms. The number of benzene rings is 8. The highest BCUT2D eigenvalue weighted by Gasteiger charge is 2.51. The van der Waals surface area contributed by atoms with Crippen LogP contribution in [0, 0.1) is 0 Å². The molecule has 2 heterocycles. The molecule has 55 heavy (non-hydrogen) atoms. The van der Waals surface area contributed by atoms with Crippen LogP contribution in [-0.2, 0) is 5.41 Å². The maximum absolute atomic E-state index is 6.62. The molecule has 4 heteroatoms. The van der Waals surface area contributed by atoms with Gasteiger partial charge in [0.2, 0.25) is 0 Å². The molecule has 0 radical (unpaired) electrons. The van der Waals surface area contributed by atoms with E-state index in [0.29, 0.717) is 5.82 Å². The predicted molar refractivity (Wildman–Crippen MR) is 223 cm³/mol. The molecular weight excluding hydrogens is 671 g/mol. The standard InChI is InChI=1S/C51H33N3O/c52-45-28-25-36(37-17-7-8-18-38(37)45)34-23-26-41-39(29-34)40-30-35(47-31-46(32-13-3-1-4-14-32)53-50(54-47)33-15-5-2-6-16-33)24-27-42(40)51(41)43-19-9-11-21-48(43)55-49-22-12-10-20-44(49)51/h1-31H,52H2. The molecule has 1 aliphatic heterocycles. The van der Waals surface area contributed by atoms with Gasteiger partial charge in [-0.25, -0.2) is 9.97 Å². The Hall–Kier alpha value is -7.30. The lowest BCUT2D eigenvalue weighted by Crippen LogP contribution is -2.32. The molecule has 0 saturated heterocycles. The molecule has 2 aliphatic rings. The number of fused-ring (bicyclic) bond motifs is 10. The second-order valence-electron chi connectivity index (χ2n) is 14.3. The second kappa shape index (κ2) is 12.1. The average Bonchev–Trinajstić information content (AvgIpc) is 3.53. The smallest absolute Gasteiger partial charge is 0.160 e. The van der Waals surface area contributed by atoms with Gasteiger partial charge in [-0.2, -0.15) is 0 Å². The zero-order chi connectivity index (χ0) is 36.5. The van der Waals surface area contributed by atoms with E-state index in [4.69, 9.17) is 20.4 Å². The lowest BCUT2D eigenvalue weighted by atomic mass is 9.66. The summed E-state index contributed by atoms with van der Waals surface area (Å²) < 4.78 is 6.62. The van der Waals surface area contributed by atoms with Gasteiger partial charge in [-0.3, -0.25) is 0 Å². The van der Waals surface area contributed by atoms with Crippen LogP contribution in [0.3, 0.4) is 0 Å². The molecule has 1 spiro atoms. The van der Waals surface area contributed by atoms with Crippen LogP contribution in [0.5, 0.6) is 11.5 Å². The quantitative estimate of drug-likeness (QED) is 0.185. The van der Waals surface area contributed by atoms with Crippen molar-refractivity contribution in [3.63, 3.8) is 0 Å². The minimum absolute atomic E-state index is 0.591. The third-order valence-electron chi connectivity index (χ3n) is 11.3. The van der Waals surface area contributed by atoms with E-state index >= 15 is 0 Å². The summed E-state index contributed by atoms with van der Waals surface area (Å²) in [7, 11) is 0. The fourth-order valence-electron chi connectivity index (χ4n) is 8.88. The van der Waals surface area contributed by atoms with E-state index in [9.17, 15) is 0 Å². The number of nitrogens with two attached hydrogens (primary N) is 1. The van der Waals surface area contributed by atoms with Crippen LogP contribution in [-0.4, -0.2) is 9.97 Å². The van der Waals surface area contributed by atoms with Crippen molar-refractivity contribution >= 4 is 16.5 Å². The van der Waals surface area contributed by atoms with E-state index in [1.165, 1.54) is 22.3 Å². The van der Waals surface area contributed by atoms with Gasteiger partial charge in [0.1, 0.15) is 11.5 Å². The second-order valence-corrected chi connectivity index (χ2v) is 14.3. The minimum atomic E-state index is -0.591. The van der Waals surface area contributed by atoms with Crippen LogP contribution < -0.4 is 10.5 Å². The summed E-state index contributed by atoms with van der Waals surface area (Å²) in [4.78, 5) is 10.3. The van der Waals surface area contributed by atoms with Gasteiger partial charge >= 0.3 is 0 Å². The van der Waals surface area contributed by atoms with Crippen molar-refractivity contribution < 1.29 is 4.74 Å². The van der Waals surface area contributed by atoms with Crippen LogP contribution in [0.15, 0.2) is 188 Å². The van der Waals surface area contributed by atoms with E-state index in [2.05, 4.69) is 152 Å². The monoisotopic (exact) mass is 703 g/mol. The summed E-state index contributed by atoms with van der Waals surface area (Å²) in [6.45, 7) is 0. The maximum Gasteiger partial charge on any atom is 0.160 e. The predicted octanol–water partition coefficient (Wildman–Crippen LogP) is 12.3. The zero-order valence-electron chi connectivity index (χ0n) is 29.8. The molecule has 0 amide bonds.